The van der Waals surface area contributed by atoms with E-state index in [-0.39, 0.29) is 5.97 Å². The molecule has 0 spiro atoms. The number of ether oxygens (including phenoxy) is 1. The van der Waals surface area contributed by atoms with E-state index in [4.69, 9.17) is 4.74 Å². The molecule has 2 unspecified atom stereocenters. The van der Waals surface area contributed by atoms with Gasteiger partial charge in [0.1, 0.15) is 5.54 Å². The maximum absolute atomic E-state index is 12.1. The first kappa shape index (κ1) is 18.8. The van der Waals surface area contributed by atoms with Crippen LogP contribution in [0.15, 0.2) is 0 Å². The van der Waals surface area contributed by atoms with Crippen molar-refractivity contribution in [1.29, 1.82) is 0 Å². The molecular weight excluding hydrogens is 258 g/mol. The van der Waals surface area contributed by atoms with Crippen molar-refractivity contribution in [1.82, 2.24) is 5.32 Å². The fourth-order valence-corrected chi connectivity index (χ4v) is 3.40. The quantitative estimate of drug-likeness (QED) is 0.466. The molecule has 0 bridgehead atoms. The number of likely N-dealkylation sites (N-methyl/N-ethyl adjacent to an activating group) is 1. The molecule has 19 heavy (non-hydrogen) atoms. The van der Waals surface area contributed by atoms with Gasteiger partial charge in [0.05, 0.1) is 6.61 Å². The van der Waals surface area contributed by atoms with Crippen LogP contribution in [-0.4, -0.2) is 35.7 Å². The molecule has 4 heteroatoms. The minimum atomic E-state index is -0.554. The minimum Gasteiger partial charge on any atom is -0.465 e. The number of hydrogen-bond donors (Lipinski definition) is 1. The third-order valence-electron chi connectivity index (χ3n) is 3.14. The molecule has 0 aliphatic carbocycles. The molecular formula is C15H31NO2S. The van der Waals surface area contributed by atoms with E-state index in [9.17, 15) is 4.79 Å². The third kappa shape index (κ3) is 7.83. The Kier molecular flexibility index (Phi) is 10.4. The second-order valence-electron chi connectivity index (χ2n) is 5.18. The zero-order valence-corrected chi connectivity index (χ0v) is 14.1. The molecule has 0 aliphatic heterocycles. The zero-order valence-electron chi connectivity index (χ0n) is 13.3. The molecule has 2 atom stereocenters. The number of esters is 1. The van der Waals surface area contributed by atoms with Crippen molar-refractivity contribution in [3.05, 3.63) is 0 Å². The first-order chi connectivity index (χ1) is 9.00. The third-order valence-corrected chi connectivity index (χ3v) is 4.40. The average Bonchev–Trinajstić information content (AvgIpc) is 2.35. The van der Waals surface area contributed by atoms with Gasteiger partial charge in [0.25, 0.3) is 0 Å². The van der Waals surface area contributed by atoms with E-state index in [1.165, 1.54) is 25.0 Å². The topological polar surface area (TPSA) is 38.3 Å². The van der Waals surface area contributed by atoms with Crippen LogP contribution in [0.25, 0.3) is 0 Å². The number of carbonyl (C=O) groups excluding carboxylic acids is 1. The Balaban J connectivity index is 4.27. The van der Waals surface area contributed by atoms with Crippen LogP contribution in [0.3, 0.4) is 0 Å². The van der Waals surface area contributed by atoms with Crippen LogP contribution in [-0.2, 0) is 9.53 Å². The molecule has 0 heterocycles. The summed E-state index contributed by atoms with van der Waals surface area (Å²) in [5.74, 6) is 1.05. The number of nitrogens with one attached hydrogen (secondary N) is 1. The van der Waals surface area contributed by atoms with E-state index >= 15 is 0 Å². The highest BCUT2D eigenvalue weighted by molar-refractivity contribution is 7.99. The van der Waals surface area contributed by atoms with Crippen LogP contribution in [0, 0.1) is 0 Å². The SMILES string of the molecule is CCCCCSC(C)CC(C)(NCC)C(=O)OCC. The van der Waals surface area contributed by atoms with Gasteiger partial charge in [0.15, 0.2) is 0 Å². The summed E-state index contributed by atoms with van der Waals surface area (Å²) in [6, 6.07) is 0. The van der Waals surface area contributed by atoms with Gasteiger partial charge >= 0.3 is 5.97 Å². The Labute approximate surface area is 123 Å². The Hall–Kier alpha value is -0.220. The lowest BCUT2D eigenvalue weighted by molar-refractivity contribution is -0.150. The summed E-state index contributed by atoms with van der Waals surface area (Å²) in [5.41, 5.74) is -0.554. The summed E-state index contributed by atoms with van der Waals surface area (Å²) in [6.07, 6.45) is 4.63. The van der Waals surface area contributed by atoms with Crippen LogP contribution >= 0.6 is 11.8 Å². The van der Waals surface area contributed by atoms with Gasteiger partial charge in [-0.25, -0.2) is 0 Å². The molecule has 0 aromatic heterocycles. The van der Waals surface area contributed by atoms with Crippen LogP contribution in [0.1, 0.15) is 60.3 Å². The van der Waals surface area contributed by atoms with Gasteiger partial charge in [0, 0.05) is 5.25 Å². The standard InChI is InChI=1S/C15H31NO2S/c1-6-9-10-11-19-13(4)12-15(5,16-7-2)14(17)18-8-3/h13,16H,6-12H2,1-5H3. The van der Waals surface area contributed by atoms with Gasteiger partial charge < -0.3 is 10.1 Å². The maximum atomic E-state index is 12.1. The molecule has 0 saturated heterocycles. The van der Waals surface area contributed by atoms with Crippen LogP contribution in [0.2, 0.25) is 0 Å². The van der Waals surface area contributed by atoms with Crippen molar-refractivity contribution in [2.45, 2.75) is 71.1 Å². The second-order valence-corrected chi connectivity index (χ2v) is 6.72. The van der Waals surface area contributed by atoms with E-state index in [1.807, 2.05) is 32.5 Å². The monoisotopic (exact) mass is 289 g/mol. The molecule has 3 nitrogen and oxygen atoms in total. The summed E-state index contributed by atoms with van der Waals surface area (Å²) in [6.45, 7) is 11.5. The number of rotatable bonds is 11. The normalized spacial score (nSPS) is 15.8. The van der Waals surface area contributed by atoms with Gasteiger partial charge in [-0.2, -0.15) is 11.8 Å². The first-order valence-electron chi connectivity index (χ1n) is 7.54. The van der Waals surface area contributed by atoms with Crippen molar-refractivity contribution >= 4 is 17.7 Å². The lowest BCUT2D eigenvalue weighted by Gasteiger charge is -2.30. The fraction of sp³-hybridized carbons (Fsp3) is 0.933. The smallest absolute Gasteiger partial charge is 0.326 e. The van der Waals surface area contributed by atoms with E-state index in [0.29, 0.717) is 11.9 Å². The summed E-state index contributed by atoms with van der Waals surface area (Å²) >= 11 is 1.96. The maximum Gasteiger partial charge on any atom is 0.326 e. The van der Waals surface area contributed by atoms with Gasteiger partial charge in [-0.3, -0.25) is 4.79 Å². The molecule has 1 N–H and O–H groups in total. The highest BCUT2D eigenvalue weighted by Gasteiger charge is 2.35. The second kappa shape index (κ2) is 10.6. The van der Waals surface area contributed by atoms with Gasteiger partial charge in [-0.05, 0) is 39.0 Å². The lowest BCUT2D eigenvalue weighted by Crippen LogP contribution is -2.51. The average molecular weight is 289 g/mol. The van der Waals surface area contributed by atoms with Crippen LogP contribution in [0.5, 0.6) is 0 Å². The summed E-state index contributed by atoms with van der Waals surface area (Å²) in [7, 11) is 0. The molecule has 0 rings (SSSR count). The lowest BCUT2D eigenvalue weighted by atomic mass is 9.96. The highest BCUT2D eigenvalue weighted by atomic mass is 32.2. The van der Waals surface area contributed by atoms with Crippen molar-refractivity contribution in [2.75, 3.05) is 18.9 Å². The van der Waals surface area contributed by atoms with Crippen molar-refractivity contribution in [3.8, 4) is 0 Å². The van der Waals surface area contributed by atoms with E-state index in [1.54, 1.807) is 0 Å². The zero-order chi connectivity index (χ0) is 14.7. The number of carbonyl (C=O) groups is 1. The molecule has 0 aromatic carbocycles. The van der Waals surface area contributed by atoms with Gasteiger partial charge in [-0.1, -0.05) is 33.6 Å². The Morgan fingerprint density at radius 2 is 2.00 bits per heavy atom. The highest BCUT2D eigenvalue weighted by Crippen LogP contribution is 2.24. The predicted octanol–water partition coefficient (Wildman–Crippen LogP) is 3.62. The predicted molar refractivity (Wildman–Crippen MR) is 84.8 cm³/mol. The molecule has 0 fully saturated rings. The number of hydrogen-bond acceptors (Lipinski definition) is 4. The Morgan fingerprint density at radius 1 is 1.32 bits per heavy atom. The van der Waals surface area contributed by atoms with E-state index < -0.39 is 5.54 Å². The molecule has 0 amide bonds. The number of thioether (sulfide) groups is 1. The van der Waals surface area contributed by atoms with Crippen molar-refractivity contribution < 1.29 is 9.53 Å². The number of unbranched alkanes of at least 4 members (excludes halogenated alkanes) is 2. The van der Waals surface area contributed by atoms with Crippen molar-refractivity contribution in [3.63, 3.8) is 0 Å². The van der Waals surface area contributed by atoms with Crippen LogP contribution in [0.4, 0.5) is 0 Å². The summed E-state index contributed by atoms with van der Waals surface area (Å²) in [5, 5.41) is 3.75. The van der Waals surface area contributed by atoms with Crippen LogP contribution < -0.4 is 5.32 Å². The molecule has 0 aromatic rings. The van der Waals surface area contributed by atoms with Gasteiger partial charge in [0.2, 0.25) is 0 Å². The van der Waals surface area contributed by atoms with Gasteiger partial charge in [-0.15, -0.1) is 0 Å². The Morgan fingerprint density at radius 3 is 2.53 bits per heavy atom. The van der Waals surface area contributed by atoms with Crippen molar-refractivity contribution in [2.24, 2.45) is 0 Å². The molecule has 0 radical (unpaired) electrons. The Bertz CT molecular complexity index is 248. The molecule has 0 saturated carbocycles. The molecule has 114 valence electrons. The minimum absolute atomic E-state index is 0.127. The van der Waals surface area contributed by atoms with E-state index in [2.05, 4.69) is 19.2 Å². The fourth-order valence-electron chi connectivity index (χ4n) is 2.18. The summed E-state index contributed by atoms with van der Waals surface area (Å²) < 4.78 is 5.19. The molecule has 0 aliphatic rings. The summed E-state index contributed by atoms with van der Waals surface area (Å²) in [4.78, 5) is 12.1. The van der Waals surface area contributed by atoms with E-state index in [0.717, 1.165) is 13.0 Å². The largest absolute Gasteiger partial charge is 0.465 e. The first-order valence-corrected chi connectivity index (χ1v) is 8.58.